The Bertz CT molecular complexity index is 1270. The van der Waals surface area contributed by atoms with Crippen LogP contribution in [0.5, 0.6) is 5.75 Å². The van der Waals surface area contributed by atoms with E-state index in [2.05, 4.69) is 30.8 Å². The van der Waals surface area contributed by atoms with E-state index in [-0.39, 0.29) is 30.6 Å². The Morgan fingerprint density at radius 1 is 0.860 bits per heavy atom. The Labute approximate surface area is 257 Å². The van der Waals surface area contributed by atoms with Gasteiger partial charge in [-0.05, 0) is 67.3 Å². The number of ketones is 1. The van der Waals surface area contributed by atoms with Crippen molar-refractivity contribution in [1.82, 2.24) is 4.90 Å². The molecule has 0 bridgehead atoms. The minimum atomic E-state index is -0.267. The van der Waals surface area contributed by atoms with Gasteiger partial charge in [-0.3, -0.25) is 4.79 Å². The summed E-state index contributed by atoms with van der Waals surface area (Å²) in [6.45, 7) is 6.07. The second kappa shape index (κ2) is 16.8. The summed E-state index contributed by atoms with van der Waals surface area (Å²) in [4.78, 5) is 27.2. The molecule has 0 aromatic heterocycles. The van der Waals surface area contributed by atoms with Crippen LogP contribution in [0.1, 0.15) is 93.2 Å². The fourth-order valence-corrected chi connectivity index (χ4v) is 6.48. The van der Waals surface area contributed by atoms with Crippen molar-refractivity contribution in [2.75, 3.05) is 6.61 Å². The van der Waals surface area contributed by atoms with Crippen molar-refractivity contribution < 1.29 is 19.4 Å². The van der Waals surface area contributed by atoms with Crippen LogP contribution < -0.4 is 4.74 Å². The molecule has 2 saturated carbocycles. The average Bonchev–Trinajstić information content (AvgIpc) is 3.06. The van der Waals surface area contributed by atoms with Gasteiger partial charge in [0.1, 0.15) is 11.5 Å². The fraction of sp³-hybridized carbons (Fsp3) is 0.421. The molecule has 1 unspecified atom stereocenters. The molecule has 228 valence electrons. The van der Waals surface area contributed by atoms with Crippen LogP contribution >= 0.6 is 0 Å². The number of para-hydroxylation sites is 1. The van der Waals surface area contributed by atoms with Gasteiger partial charge in [-0.25, -0.2) is 4.79 Å². The third kappa shape index (κ3) is 9.39. The maximum absolute atomic E-state index is 13.1. The number of aliphatic hydroxyl groups is 1. The second-order valence-corrected chi connectivity index (χ2v) is 11.9. The predicted molar refractivity (Wildman–Crippen MR) is 173 cm³/mol. The molecule has 3 aromatic rings. The normalized spacial score (nSPS) is 19.3. The van der Waals surface area contributed by atoms with Crippen molar-refractivity contribution in [2.45, 2.75) is 89.1 Å². The van der Waals surface area contributed by atoms with Crippen molar-refractivity contribution in [3.05, 3.63) is 114 Å². The van der Waals surface area contributed by atoms with E-state index < -0.39 is 0 Å². The molecule has 0 spiro atoms. The molecule has 43 heavy (non-hydrogen) atoms. The third-order valence-electron chi connectivity index (χ3n) is 8.96. The third-order valence-corrected chi connectivity index (χ3v) is 8.96. The van der Waals surface area contributed by atoms with Crippen LogP contribution in [0.3, 0.4) is 0 Å². The SMILES string of the molecule is C=C[C@@H](CO)c1ccccc1.CC(=O)C1CCCC[C@H]1c1ccc(CN(C(=O)Oc2ccccc2)C2CCCCC2)cc1. The Morgan fingerprint density at radius 3 is 2.07 bits per heavy atom. The number of amides is 1. The smallest absolute Gasteiger partial charge is 0.410 e. The number of nitrogens with zero attached hydrogens (tertiary/aromatic N) is 1. The number of Topliss-reactive ketones (excluding diaryl/α,β-unsaturated/α-hetero) is 1. The molecular weight excluding hydrogens is 534 g/mol. The molecule has 1 N–H and O–H groups in total. The molecule has 5 heteroatoms. The minimum Gasteiger partial charge on any atom is -0.410 e. The number of ether oxygens (including phenoxy) is 1. The number of carbonyl (C=O) groups is 2. The Morgan fingerprint density at radius 2 is 1.47 bits per heavy atom. The number of hydrogen-bond donors (Lipinski definition) is 1. The fourth-order valence-electron chi connectivity index (χ4n) is 6.48. The van der Waals surface area contributed by atoms with E-state index in [9.17, 15) is 9.59 Å². The first-order valence-electron chi connectivity index (χ1n) is 15.9. The molecule has 2 fully saturated rings. The van der Waals surface area contributed by atoms with Gasteiger partial charge in [-0.15, -0.1) is 6.58 Å². The van der Waals surface area contributed by atoms with Gasteiger partial charge in [0.15, 0.2) is 0 Å². The molecule has 0 saturated heterocycles. The largest absolute Gasteiger partial charge is 0.415 e. The monoisotopic (exact) mass is 581 g/mol. The van der Waals surface area contributed by atoms with Gasteiger partial charge in [-0.2, -0.15) is 0 Å². The quantitative estimate of drug-likeness (QED) is 0.256. The van der Waals surface area contributed by atoms with Crippen LogP contribution in [0.25, 0.3) is 0 Å². The van der Waals surface area contributed by atoms with Crippen LogP contribution in [-0.2, 0) is 11.3 Å². The highest BCUT2D eigenvalue weighted by molar-refractivity contribution is 5.79. The maximum atomic E-state index is 13.1. The van der Waals surface area contributed by atoms with Gasteiger partial charge in [0.25, 0.3) is 0 Å². The van der Waals surface area contributed by atoms with Gasteiger partial charge in [0.05, 0.1) is 6.61 Å². The summed E-state index contributed by atoms with van der Waals surface area (Å²) in [6, 6.07) is 28.0. The first kappa shape index (κ1) is 32.2. The molecule has 0 radical (unpaired) electrons. The van der Waals surface area contributed by atoms with Crippen LogP contribution in [0.15, 0.2) is 97.6 Å². The van der Waals surface area contributed by atoms with E-state index in [0.717, 1.165) is 56.1 Å². The predicted octanol–water partition coefficient (Wildman–Crippen LogP) is 8.83. The van der Waals surface area contributed by atoms with Crippen LogP contribution in [0.2, 0.25) is 0 Å². The van der Waals surface area contributed by atoms with Crippen LogP contribution in [0.4, 0.5) is 4.79 Å². The molecule has 5 nitrogen and oxygen atoms in total. The number of rotatable bonds is 9. The first-order valence-corrected chi connectivity index (χ1v) is 15.9. The number of carbonyl (C=O) groups excluding carboxylic acids is 2. The van der Waals surface area contributed by atoms with Crippen LogP contribution in [0, 0.1) is 5.92 Å². The van der Waals surface area contributed by atoms with Gasteiger partial charge in [-0.1, -0.05) is 111 Å². The highest BCUT2D eigenvalue weighted by Gasteiger charge is 2.30. The molecule has 5 rings (SSSR count). The zero-order valence-electron chi connectivity index (χ0n) is 25.6. The van der Waals surface area contributed by atoms with Crippen LogP contribution in [-0.4, -0.2) is 34.5 Å². The Hall–Kier alpha value is -3.70. The lowest BCUT2D eigenvalue weighted by atomic mass is 9.74. The number of aliphatic hydroxyl groups excluding tert-OH is 1. The number of hydrogen-bond acceptors (Lipinski definition) is 4. The topological polar surface area (TPSA) is 66.8 Å². The summed E-state index contributed by atoms with van der Waals surface area (Å²) < 4.78 is 5.71. The molecule has 0 heterocycles. The zero-order valence-corrected chi connectivity index (χ0v) is 25.6. The van der Waals surface area contributed by atoms with E-state index in [1.54, 1.807) is 13.0 Å². The Kier molecular flexibility index (Phi) is 12.6. The van der Waals surface area contributed by atoms with Gasteiger partial charge >= 0.3 is 6.09 Å². The van der Waals surface area contributed by atoms with Gasteiger partial charge < -0.3 is 14.7 Å². The molecule has 3 aromatic carbocycles. The zero-order chi connectivity index (χ0) is 30.4. The van der Waals surface area contributed by atoms with E-state index in [1.807, 2.05) is 65.6 Å². The van der Waals surface area contributed by atoms with Crippen molar-refractivity contribution in [1.29, 1.82) is 0 Å². The van der Waals surface area contributed by atoms with E-state index in [4.69, 9.17) is 9.84 Å². The van der Waals surface area contributed by atoms with E-state index >= 15 is 0 Å². The average molecular weight is 582 g/mol. The standard InChI is InChI=1S/C28H35NO3.C10H12O/c1-21(30)26-14-8-9-15-27(26)23-18-16-22(17-19-23)20-29(24-10-4-2-5-11-24)28(31)32-25-12-6-3-7-13-25;1-2-9(8-11)10-6-4-3-5-7-10/h3,6-7,12-13,16-19,24,26-27H,2,4-5,8-11,14-15,20H2,1H3;2-7,9,11H,1,8H2/t26?,27-;9-/m00/s1. The maximum Gasteiger partial charge on any atom is 0.415 e. The molecule has 2 aliphatic carbocycles. The minimum absolute atomic E-state index is 0.0798. The molecule has 1 amide bonds. The molecule has 2 aliphatic rings. The Balaban J connectivity index is 0.000000324. The second-order valence-electron chi connectivity index (χ2n) is 11.9. The van der Waals surface area contributed by atoms with E-state index in [1.165, 1.54) is 18.4 Å². The van der Waals surface area contributed by atoms with Crippen molar-refractivity contribution in [3.63, 3.8) is 0 Å². The lowest BCUT2D eigenvalue weighted by Gasteiger charge is -2.34. The summed E-state index contributed by atoms with van der Waals surface area (Å²) in [5.74, 6) is 1.45. The van der Waals surface area contributed by atoms with Crippen molar-refractivity contribution in [2.24, 2.45) is 5.92 Å². The summed E-state index contributed by atoms with van der Waals surface area (Å²) >= 11 is 0. The summed E-state index contributed by atoms with van der Waals surface area (Å²) in [7, 11) is 0. The van der Waals surface area contributed by atoms with Crippen molar-refractivity contribution in [3.8, 4) is 5.75 Å². The molecule has 3 atom stereocenters. The first-order chi connectivity index (χ1) is 21.0. The molecular formula is C38H47NO4. The van der Waals surface area contributed by atoms with Crippen molar-refractivity contribution >= 4 is 11.9 Å². The highest BCUT2D eigenvalue weighted by atomic mass is 16.6. The lowest BCUT2D eigenvalue weighted by Crippen LogP contribution is -2.42. The molecule has 0 aliphatic heterocycles. The number of benzene rings is 3. The lowest BCUT2D eigenvalue weighted by molar-refractivity contribution is -0.122. The summed E-state index contributed by atoms with van der Waals surface area (Å²) in [5, 5.41) is 8.91. The van der Waals surface area contributed by atoms with Gasteiger partial charge in [0.2, 0.25) is 0 Å². The summed E-state index contributed by atoms with van der Waals surface area (Å²) in [6.07, 6.45) is 11.5. The van der Waals surface area contributed by atoms with E-state index in [0.29, 0.717) is 24.0 Å². The van der Waals surface area contributed by atoms with Gasteiger partial charge in [0, 0.05) is 24.4 Å². The highest BCUT2D eigenvalue weighted by Crippen LogP contribution is 2.38. The summed E-state index contributed by atoms with van der Waals surface area (Å²) in [5.41, 5.74) is 3.48.